The molecule has 1 saturated heterocycles. The Balaban J connectivity index is 1.79. The molecule has 1 fully saturated rings. The molecule has 0 atom stereocenters. The van der Waals surface area contributed by atoms with E-state index >= 15 is 0 Å². The van der Waals surface area contributed by atoms with Crippen LogP contribution in [0, 0.1) is 14.8 Å². The van der Waals surface area contributed by atoms with Crippen LogP contribution in [0.4, 0.5) is 15.1 Å². The van der Waals surface area contributed by atoms with Gasteiger partial charge in [0.1, 0.15) is 10.8 Å². The number of benzene rings is 1. The molecule has 0 saturated carbocycles. The summed E-state index contributed by atoms with van der Waals surface area (Å²) in [6, 6.07) is 4.84. The van der Waals surface area contributed by atoms with Crippen LogP contribution in [0.5, 0.6) is 0 Å². The maximum absolute atomic E-state index is 14.5. The van der Waals surface area contributed by atoms with Crippen molar-refractivity contribution >= 4 is 56.4 Å². The lowest BCUT2D eigenvalue weighted by atomic mass is 9.85. The first kappa shape index (κ1) is 22.5. The van der Waals surface area contributed by atoms with Crippen molar-refractivity contribution in [1.29, 1.82) is 0 Å². The lowest BCUT2D eigenvalue weighted by Gasteiger charge is -2.30. The van der Waals surface area contributed by atoms with Crippen molar-refractivity contribution in [2.75, 3.05) is 25.0 Å². The second kappa shape index (κ2) is 8.67. The first-order valence-electron chi connectivity index (χ1n) is 10.3. The van der Waals surface area contributed by atoms with Gasteiger partial charge in [-0.3, -0.25) is 9.59 Å². The number of nitrogens with one attached hydrogen (secondary N) is 2. The van der Waals surface area contributed by atoms with E-state index in [1.165, 1.54) is 17.4 Å². The first-order chi connectivity index (χ1) is 14.6. The number of carbonyl (C=O) groups excluding carboxylic acids is 2. The monoisotopic (exact) mass is 557 g/mol. The number of rotatable bonds is 3. The van der Waals surface area contributed by atoms with Gasteiger partial charge in [-0.2, -0.15) is 0 Å². The highest BCUT2D eigenvalue weighted by Gasteiger charge is 2.36. The summed E-state index contributed by atoms with van der Waals surface area (Å²) in [5.74, 6) is -0.798. The standard InChI is InChI=1S/C22H25FIN3O3S/c1-22(2)10-14-17(21(30)27-7-5-13(28)6-8-27)20(31-18(14)19(29)25-11-22)26-16-4-3-12(24)9-15(16)23/h3-4,9,13,26,28H,5-8,10-11H2,1-2H3,(H,25,29). The third kappa shape index (κ3) is 4.73. The average molecular weight is 557 g/mol. The van der Waals surface area contributed by atoms with Gasteiger partial charge in [0.15, 0.2) is 0 Å². The highest BCUT2D eigenvalue weighted by atomic mass is 127. The van der Waals surface area contributed by atoms with E-state index in [0.717, 1.165) is 9.13 Å². The van der Waals surface area contributed by atoms with Crippen LogP contribution in [0.1, 0.15) is 52.3 Å². The van der Waals surface area contributed by atoms with E-state index in [9.17, 15) is 19.1 Å². The van der Waals surface area contributed by atoms with E-state index in [-0.39, 0.29) is 22.9 Å². The molecule has 0 aliphatic carbocycles. The first-order valence-corrected chi connectivity index (χ1v) is 12.2. The summed E-state index contributed by atoms with van der Waals surface area (Å²) in [6.45, 7) is 5.54. The summed E-state index contributed by atoms with van der Waals surface area (Å²) in [7, 11) is 0. The Morgan fingerprint density at radius 2 is 2.06 bits per heavy atom. The van der Waals surface area contributed by atoms with E-state index in [1.54, 1.807) is 17.0 Å². The van der Waals surface area contributed by atoms with Gasteiger partial charge in [-0.05, 0) is 71.0 Å². The van der Waals surface area contributed by atoms with Crippen molar-refractivity contribution < 1.29 is 19.1 Å². The number of likely N-dealkylation sites (tertiary alicyclic amines) is 1. The largest absolute Gasteiger partial charge is 0.393 e. The molecule has 6 nitrogen and oxygen atoms in total. The van der Waals surface area contributed by atoms with Crippen molar-refractivity contribution in [3.05, 3.63) is 43.6 Å². The molecule has 0 bridgehead atoms. The zero-order valence-corrected chi connectivity index (χ0v) is 20.4. The van der Waals surface area contributed by atoms with Gasteiger partial charge in [0, 0.05) is 23.2 Å². The van der Waals surface area contributed by atoms with Gasteiger partial charge in [0.05, 0.1) is 22.2 Å². The third-order valence-electron chi connectivity index (χ3n) is 5.74. The molecule has 2 aromatic rings. The van der Waals surface area contributed by atoms with Crippen LogP contribution in [-0.2, 0) is 6.42 Å². The molecule has 3 heterocycles. The van der Waals surface area contributed by atoms with Gasteiger partial charge < -0.3 is 20.6 Å². The number of anilines is 2. The van der Waals surface area contributed by atoms with Crippen LogP contribution in [0.2, 0.25) is 0 Å². The lowest BCUT2D eigenvalue weighted by Crippen LogP contribution is -2.40. The summed E-state index contributed by atoms with van der Waals surface area (Å²) in [6.07, 6.45) is 1.22. The minimum absolute atomic E-state index is 0.177. The Morgan fingerprint density at radius 3 is 2.74 bits per heavy atom. The summed E-state index contributed by atoms with van der Waals surface area (Å²) in [5.41, 5.74) is 1.20. The van der Waals surface area contributed by atoms with Crippen LogP contribution in [-0.4, -0.2) is 47.6 Å². The average Bonchev–Trinajstić information content (AvgIpc) is 3.00. The smallest absolute Gasteiger partial charge is 0.261 e. The number of nitrogens with zero attached hydrogens (tertiary/aromatic N) is 1. The van der Waals surface area contributed by atoms with Gasteiger partial charge in [0.2, 0.25) is 0 Å². The number of amides is 2. The SMILES string of the molecule is CC1(C)CNC(=O)c2sc(Nc3ccc(I)cc3F)c(C(=O)N3CCC(O)CC3)c2C1. The number of halogens is 2. The lowest BCUT2D eigenvalue weighted by molar-refractivity contribution is 0.0546. The van der Waals surface area contributed by atoms with Crippen LogP contribution in [0.25, 0.3) is 0 Å². The Bertz CT molecular complexity index is 1030. The van der Waals surface area contributed by atoms with Crippen molar-refractivity contribution in [2.24, 2.45) is 5.41 Å². The molecule has 1 aromatic heterocycles. The maximum atomic E-state index is 14.5. The van der Waals surface area contributed by atoms with Crippen molar-refractivity contribution in [3.63, 3.8) is 0 Å². The zero-order chi connectivity index (χ0) is 22.3. The highest BCUT2D eigenvalue weighted by molar-refractivity contribution is 14.1. The quantitative estimate of drug-likeness (QED) is 0.496. The molecule has 9 heteroatoms. The van der Waals surface area contributed by atoms with Crippen LogP contribution in [0.3, 0.4) is 0 Å². The number of thiophene rings is 1. The maximum Gasteiger partial charge on any atom is 0.261 e. The zero-order valence-electron chi connectivity index (χ0n) is 17.4. The second-order valence-corrected chi connectivity index (χ2v) is 11.2. The molecule has 3 N–H and O–H groups in total. The minimum atomic E-state index is -0.417. The molecule has 2 aliphatic rings. The van der Waals surface area contributed by atoms with Crippen molar-refractivity contribution in [3.8, 4) is 0 Å². The number of fused-ring (bicyclic) bond motifs is 1. The third-order valence-corrected chi connectivity index (χ3v) is 7.56. The Morgan fingerprint density at radius 1 is 1.35 bits per heavy atom. The van der Waals surface area contributed by atoms with Gasteiger partial charge in [0.25, 0.3) is 11.8 Å². The Kier molecular flexibility index (Phi) is 6.28. The molecule has 0 radical (unpaired) electrons. The fourth-order valence-corrected chi connectivity index (χ4v) is 5.61. The number of carbonyl (C=O) groups is 2. The molecule has 0 spiro atoms. The van der Waals surface area contributed by atoms with Gasteiger partial charge in [-0.15, -0.1) is 11.3 Å². The normalized spacial score (nSPS) is 18.9. The number of aliphatic hydroxyl groups excluding tert-OH is 1. The van der Waals surface area contributed by atoms with Crippen molar-refractivity contribution in [1.82, 2.24) is 10.2 Å². The molecule has 2 aliphatic heterocycles. The van der Waals surface area contributed by atoms with Crippen LogP contribution < -0.4 is 10.6 Å². The summed E-state index contributed by atoms with van der Waals surface area (Å²) < 4.78 is 15.3. The Labute approximate surface area is 198 Å². The van der Waals surface area contributed by atoms with E-state index in [0.29, 0.717) is 54.3 Å². The minimum Gasteiger partial charge on any atom is -0.393 e. The van der Waals surface area contributed by atoms with E-state index in [4.69, 9.17) is 0 Å². The topological polar surface area (TPSA) is 81.7 Å². The van der Waals surface area contributed by atoms with Crippen LogP contribution in [0.15, 0.2) is 18.2 Å². The molecule has 2 amide bonds. The van der Waals surface area contributed by atoms with Crippen molar-refractivity contribution in [2.45, 2.75) is 39.2 Å². The molecule has 31 heavy (non-hydrogen) atoms. The fourth-order valence-electron chi connectivity index (χ4n) is 4.01. The van der Waals surface area contributed by atoms with Gasteiger partial charge >= 0.3 is 0 Å². The second-order valence-electron chi connectivity index (χ2n) is 8.91. The van der Waals surface area contributed by atoms with E-state index in [1.807, 2.05) is 22.6 Å². The van der Waals surface area contributed by atoms with Gasteiger partial charge in [-0.1, -0.05) is 13.8 Å². The summed E-state index contributed by atoms with van der Waals surface area (Å²) >= 11 is 3.24. The number of aliphatic hydroxyl groups is 1. The molecular weight excluding hydrogens is 532 g/mol. The summed E-state index contributed by atoms with van der Waals surface area (Å²) in [5, 5.41) is 16.3. The van der Waals surface area contributed by atoms with Crippen LogP contribution >= 0.6 is 33.9 Å². The fraction of sp³-hybridized carbons (Fsp3) is 0.455. The number of hydrogen-bond donors (Lipinski definition) is 3. The predicted octanol–water partition coefficient (Wildman–Crippen LogP) is 4.14. The van der Waals surface area contributed by atoms with E-state index in [2.05, 4.69) is 24.5 Å². The number of hydrogen-bond acceptors (Lipinski definition) is 5. The Hall–Kier alpha value is -1.72. The molecule has 0 unspecified atom stereocenters. The highest BCUT2D eigenvalue weighted by Crippen LogP contribution is 2.41. The van der Waals surface area contributed by atoms with Gasteiger partial charge in [-0.25, -0.2) is 4.39 Å². The predicted molar refractivity (Wildman–Crippen MR) is 128 cm³/mol. The van der Waals surface area contributed by atoms with E-state index < -0.39 is 11.9 Å². The number of piperidine rings is 1. The molecule has 4 rings (SSSR count). The molecule has 1 aromatic carbocycles. The molecule has 166 valence electrons. The summed E-state index contributed by atoms with van der Waals surface area (Å²) in [4.78, 5) is 28.6. The molecular formula is C22H25FIN3O3S.